The molecule has 0 aliphatic carbocycles. The highest BCUT2D eigenvalue weighted by molar-refractivity contribution is 5.26. The molecule has 6 N–H and O–H groups in total. The lowest BCUT2D eigenvalue weighted by atomic mass is 10.8. The summed E-state index contributed by atoms with van der Waals surface area (Å²) in [5, 5.41) is 34.8. The Bertz CT molecular complexity index is 642. The molecule has 0 saturated heterocycles. The van der Waals surface area contributed by atoms with E-state index in [1.807, 2.05) is 0 Å². The number of rotatable bonds is 3. The zero-order valence-corrected chi connectivity index (χ0v) is 10.3. The first-order valence-corrected chi connectivity index (χ1v) is 4.71. The monoisotopic (exact) mass is 313 g/mol. The van der Waals surface area contributed by atoms with Gasteiger partial charge in [0.05, 0.1) is 0 Å². The minimum absolute atomic E-state index is 0.0670. The largest absolute Gasteiger partial charge is 0.367 e. The third-order valence-corrected chi connectivity index (χ3v) is 1.25. The fraction of sp³-hybridized carbons (Fsp3) is 0. The van der Waals surface area contributed by atoms with Crippen LogP contribution in [0, 0.1) is 10.1 Å². The maximum atomic E-state index is 8.36. The van der Waals surface area contributed by atoms with Gasteiger partial charge in [-0.3, -0.25) is 5.10 Å². The first-order valence-electron chi connectivity index (χ1n) is 4.71. The summed E-state index contributed by atoms with van der Waals surface area (Å²) in [5.41, 5.74) is 23.0. The summed E-state index contributed by atoms with van der Waals surface area (Å²) in [6.45, 7) is 0. The number of aromatic amines is 2. The zero-order valence-electron chi connectivity index (χ0n) is 10.3. The van der Waals surface area contributed by atoms with Gasteiger partial charge in [0.1, 0.15) is 6.20 Å². The molecular weight excluding hydrogens is 306 g/mol. The summed E-state index contributed by atoms with van der Waals surface area (Å²) in [6.07, 6.45) is 1.40. The zero-order chi connectivity index (χ0) is 16.8. The van der Waals surface area contributed by atoms with E-state index in [-0.39, 0.29) is 11.9 Å². The second-order valence-corrected chi connectivity index (χ2v) is 2.60. The van der Waals surface area contributed by atoms with Crippen LogP contribution in [0.25, 0.3) is 20.9 Å². The molecular formula is C4H7N15O3. The van der Waals surface area contributed by atoms with Crippen molar-refractivity contribution in [2.75, 3.05) is 11.2 Å². The normalized spacial score (nSPS) is 7.82. The molecule has 0 aliphatic rings. The van der Waals surface area contributed by atoms with Crippen molar-refractivity contribution in [2.24, 2.45) is 10.3 Å². The molecule has 0 radical (unpaired) electrons. The summed E-state index contributed by atoms with van der Waals surface area (Å²) in [7, 11) is 0. The van der Waals surface area contributed by atoms with Crippen molar-refractivity contribution in [3.05, 3.63) is 37.2 Å². The Morgan fingerprint density at radius 2 is 2.14 bits per heavy atom. The standard InChI is InChI=1S/2C2H3N7.HNO3/c3-1-5-2(7-6-1)8-9-4;3-7-9-6-2-1-4-8-5-2;2-1(3)4/h(H3,3,5,6,7);1H,(H2,4,5,6,8);(H,2,3,4). The lowest BCUT2D eigenvalue weighted by molar-refractivity contribution is -0.742. The highest BCUT2D eigenvalue weighted by Gasteiger charge is 1.92. The van der Waals surface area contributed by atoms with Crippen molar-refractivity contribution in [1.29, 1.82) is 0 Å². The SMILES string of the molecule is O=[N+]([O-])O.[N-]=[N+]=NNc1cn[nH]n1.[N-]=[N+]=Nc1nc(N)n[nH]1. The average molecular weight is 313 g/mol. The van der Waals surface area contributed by atoms with E-state index in [0.29, 0.717) is 5.82 Å². The summed E-state index contributed by atoms with van der Waals surface area (Å²) in [4.78, 5) is 16.7. The fourth-order valence-corrected chi connectivity index (χ4v) is 0.682. The molecule has 0 spiro atoms. The smallest absolute Gasteiger partial charge is 0.291 e. The van der Waals surface area contributed by atoms with Crippen molar-refractivity contribution >= 4 is 17.7 Å². The lowest BCUT2D eigenvalue weighted by Gasteiger charge is -1.79. The molecule has 0 atom stereocenters. The highest BCUT2D eigenvalue weighted by Crippen LogP contribution is 2.02. The third kappa shape index (κ3) is 9.70. The lowest BCUT2D eigenvalue weighted by Crippen LogP contribution is -1.84. The van der Waals surface area contributed by atoms with Crippen LogP contribution in [-0.2, 0) is 0 Å². The van der Waals surface area contributed by atoms with E-state index in [1.165, 1.54) is 6.20 Å². The van der Waals surface area contributed by atoms with Crippen LogP contribution in [0.15, 0.2) is 16.5 Å². The molecule has 0 fully saturated rings. The van der Waals surface area contributed by atoms with Crippen LogP contribution < -0.4 is 11.2 Å². The van der Waals surface area contributed by atoms with Crippen LogP contribution in [0.1, 0.15) is 0 Å². The summed E-state index contributed by atoms with van der Waals surface area (Å²) in [6, 6.07) is 0. The minimum Gasteiger partial charge on any atom is -0.367 e. The number of anilines is 2. The first kappa shape index (κ1) is 17.7. The number of nitrogen functional groups attached to an aromatic ring is 1. The van der Waals surface area contributed by atoms with Gasteiger partial charge in [-0.15, -0.1) is 25.8 Å². The van der Waals surface area contributed by atoms with Gasteiger partial charge in [0.25, 0.3) is 10.9 Å². The van der Waals surface area contributed by atoms with Gasteiger partial charge in [-0.05, 0) is 15.9 Å². The number of azide groups is 2. The summed E-state index contributed by atoms with van der Waals surface area (Å²) in [5.74, 6) is 0.542. The molecule has 2 heterocycles. The quantitative estimate of drug-likeness (QED) is 0.172. The van der Waals surface area contributed by atoms with Gasteiger partial charge in [0.15, 0.2) is 0 Å². The molecule has 2 aromatic heterocycles. The number of aromatic nitrogens is 6. The molecule has 18 nitrogen and oxygen atoms in total. The van der Waals surface area contributed by atoms with Crippen LogP contribution in [-0.4, -0.2) is 40.9 Å². The van der Waals surface area contributed by atoms with Crippen molar-refractivity contribution < 1.29 is 10.3 Å². The number of H-pyrrole nitrogens is 2. The van der Waals surface area contributed by atoms with E-state index in [2.05, 4.69) is 56.2 Å². The van der Waals surface area contributed by atoms with E-state index < -0.39 is 5.09 Å². The Kier molecular flexibility index (Phi) is 8.53. The highest BCUT2D eigenvalue weighted by atomic mass is 16.9. The molecule has 0 aliphatic heterocycles. The molecule has 2 rings (SSSR count). The Hall–Kier alpha value is -4.30. The maximum absolute atomic E-state index is 8.36. The van der Waals surface area contributed by atoms with Gasteiger partial charge in [-0.1, -0.05) is 0 Å². The van der Waals surface area contributed by atoms with Crippen LogP contribution in [0.5, 0.6) is 0 Å². The van der Waals surface area contributed by atoms with Crippen LogP contribution in [0.4, 0.5) is 17.7 Å². The van der Waals surface area contributed by atoms with Gasteiger partial charge in [-0.25, -0.2) is 5.43 Å². The Morgan fingerprint density at radius 1 is 1.45 bits per heavy atom. The Balaban J connectivity index is 0.000000326. The van der Waals surface area contributed by atoms with Gasteiger partial charge in [0, 0.05) is 4.91 Å². The molecule has 116 valence electrons. The summed E-state index contributed by atoms with van der Waals surface area (Å²) >= 11 is 0. The molecule has 22 heavy (non-hydrogen) atoms. The van der Waals surface area contributed by atoms with Gasteiger partial charge in [-0.2, -0.15) is 20.2 Å². The molecule has 2 aromatic rings. The van der Waals surface area contributed by atoms with Gasteiger partial charge < -0.3 is 10.9 Å². The predicted molar refractivity (Wildman–Crippen MR) is 67.5 cm³/mol. The number of nitrogens with zero attached hydrogens (tertiary/aromatic N) is 11. The van der Waals surface area contributed by atoms with E-state index in [1.54, 1.807) is 0 Å². The van der Waals surface area contributed by atoms with Gasteiger partial charge >= 0.3 is 0 Å². The second kappa shape index (κ2) is 10.6. The van der Waals surface area contributed by atoms with E-state index >= 15 is 0 Å². The molecule has 18 heteroatoms. The predicted octanol–water partition coefficient (Wildman–Crippen LogP) is 0.423. The summed E-state index contributed by atoms with van der Waals surface area (Å²) < 4.78 is 0. The van der Waals surface area contributed by atoms with Crippen molar-refractivity contribution in [1.82, 2.24) is 30.6 Å². The first-order chi connectivity index (χ1) is 10.5. The van der Waals surface area contributed by atoms with Gasteiger partial charge in [0.2, 0.25) is 11.9 Å². The second-order valence-electron chi connectivity index (χ2n) is 2.60. The van der Waals surface area contributed by atoms with Crippen LogP contribution >= 0.6 is 0 Å². The fourth-order valence-electron chi connectivity index (χ4n) is 0.682. The van der Waals surface area contributed by atoms with Crippen LogP contribution in [0.2, 0.25) is 0 Å². The molecule has 0 aromatic carbocycles. The van der Waals surface area contributed by atoms with Crippen molar-refractivity contribution in [3.63, 3.8) is 0 Å². The molecule has 0 bridgehead atoms. The number of nitrogens with one attached hydrogen (secondary N) is 3. The van der Waals surface area contributed by atoms with E-state index in [0.717, 1.165) is 0 Å². The molecule has 0 amide bonds. The van der Waals surface area contributed by atoms with E-state index in [9.17, 15) is 0 Å². The topological polar surface area (TPSA) is 282 Å². The van der Waals surface area contributed by atoms with E-state index in [4.69, 9.17) is 32.1 Å². The minimum atomic E-state index is -1.50. The van der Waals surface area contributed by atoms with Crippen molar-refractivity contribution in [2.45, 2.75) is 0 Å². The Morgan fingerprint density at radius 3 is 2.55 bits per heavy atom. The molecule has 0 unspecified atom stereocenters. The number of hydrogen-bond donors (Lipinski definition) is 5. The maximum Gasteiger partial charge on any atom is 0.291 e. The van der Waals surface area contributed by atoms with Crippen molar-refractivity contribution in [3.8, 4) is 0 Å². The third-order valence-electron chi connectivity index (χ3n) is 1.25. The van der Waals surface area contributed by atoms with Crippen LogP contribution in [0.3, 0.4) is 0 Å². The molecule has 0 saturated carbocycles. The Labute approximate surface area is 118 Å². The average Bonchev–Trinajstić information content (AvgIpc) is 3.09. The number of nitrogens with two attached hydrogens (primary N) is 1. The number of hydrogen-bond acceptors (Lipinski definition) is 9.